The van der Waals surface area contributed by atoms with Gasteiger partial charge in [-0.05, 0) is 31.4 Å². The summed E-state index contributed by atoms with van der Waals surface area (Å²) < 4.78 is 0. The van der Waals surface area contributed by atoms with E-state index in [0.717, 1.165) is 50.5 Å². The van der Waals surface area contributed by atoms with Crippen LogP contribution < -0.4 is 15.5 Å². The summed E-state index contributed by atoms with van der Waals surface area (Å²) in [6.07, 6.45) is 3.82. The summed E-state index contributed by atoms with van der Waals surface area (Å²) in [5.41, 5.74) is 9.76. The van der Waals surface area contributed by atoms with Gasteiger partial charge in [0, 0.05) is 55.6 Å². The Morgan fingerprint density at radius 1 is 0.962 bits per heavy atom. The Morgan fingerprint density at radius 2 is 1.62 bits per heavy atom. The normalized spacial score (nSPS) is 22.1. The quantitative estimate of drug-likeness (QED) is 0.864. The summed E-state index contributed by atoms with van der Waals surface area (Å²) in [7, 11) is 0. The number of hydrogen-bond donors (Lipinski definition) is 1. The number of aryl methyl sites for hydroxylation is 1. The number of para-hydroxylation sites is 1. The Bertz CT molecular complexity index is 713. The predicted molar refractivity (Wildman–Crippen MR) is 112 cm³/mol. The average Bonchev–Trinajstić information content (AvgIpc) is 2.60. The molecule has 2 aromatic rings. The largest absolute Gasteiger partial charge is 0.368 e. The van der Waals surface area contributed by atoms with Gasteiger partial charge in [0.2, 0.25) is 0 Å². The number of piperazine rings is 1. The van der Waals surface area contributed by atoms with Crippen molar-refractivity contribution in [2.45, 2.75) is 31.7 Å². The lowest BCUT2D eigenvalue weighted by Crippen LogP contribution is -2.47. The topological polar surface area (TPSA) is 58.3 Å². The molecule has 0 bridgehead atoms. The lowest BCUT2D eigenvalue weighted by atomic mass is 9.78. The number of halogens is 2. The van der Waals surface area contributed by atoms with Gasteiger partial charge in [0.1, 0.15) is 12.1 Å². The van der Waals surface area contributed by atoms with Crippen molar-refractivity contribution in [3.63, 3.8) is 0 Å². The molecule has 2 fully saturated rings. The minimum atomic E-state index is 0. The van der Waals surface area contributed by atoms with Gasteiger partial charge in [0.25, 0.3) is 0 Å². The Kier molecular flexibility index (Phi) is 7.09. The van der Waals surface area contributed by atoms with E-state index in [4.69, 9.17) is 5.73 Å². The van der Waals surface area contributed by atoms with Crippen LogP contribution in [0.5, 0.6) is 0 Å². The molecule has 0 atom stereocenters. The molecule has 2 aliphatic rings. The van der Waals surface area contributed by atoms with Crippen molar-refractivity contribution in [2.24, 2.45) is 5.73 Å². The molecule has 1 aliphatic heterocycles. The van der Waals surface area contributed by atoms with E-state index in [2.05, 4.69) is 57.0 Å². The Hall–Kier alpha value is -1.56. The fourth-order valence-electron chi connectivity index (χ4n) is 3.76. The van der Waals surface area contributed by atoms with Crippen molar-refractivity contribution in [2.75, 3.05) is 36.0 Å². The van der Waals surface area contributed by atoms with Gasteiger partial charge in [-0.2, -0.15) is 0 Å². The van der Waals surface area contributed by atoms with Crippen LogP contribution >= 0.6 is 24.8 Å². The average molecular weight is 396 g/mol. The summed E-state index contributed by atoms with van der Waals surface area (Å²) in [5.74, 6) is 1.58. The molecular weight excluding hydrogens is 369 g/mol. The SMILES string of the molecule is Cc1ccccc1N1CCN(c2cc(C3CC(N)C3)ncn2)CC1.Cl.Cl. The third-order valence-corrected chi connectivity index (χ3v) is 5.33. The van der Waals surface area contributed by atoms with Crippen molar-refractivity contribution in [3.05, 3.63) is 47.9 Å². The van der Waals surface area contributed by atoms with Crippen LogP contribution in [-0.4, -0.2) is 42.2 Å². The number of nitrogens with two attached hydrogens (primary N) is 1. The van der Waals surface area contributed by atoms with Gasteiger partial charge in [-0.3, -0.25) is 0 Å². The molecule has 26 heavy (non-hydrogen) atoms. The molecule has 1 aliphatic carbocycles. The van der Waals surface area contributed by atoms with Crippen molar-refractivity contribution in [3.8, 4) is 0 Å². The number of nitrogens with zero attached hydrogens (tertiary/aromatic N) is 4. The second-order valence-electron chi connectivity index (χ2n) is 6.99. The maximum absolute atomic E-state index is 5.91. The molecule has 2 heterocycles. The van der Waals surface area contributed by atoms with Crippen LogP contribution in [0.1, 0.15) is 30.0 Å². The molecule has 0 amide bonds. The summed E-state index contributed by atoms with van der Waals surface area (Å²) in [6.45, 7) is 6.22. The first-order valence-electron chi connectivity index (χ1n) is 8.84. The van der Waals surface area contributed by atoms with Gasteiger partial charge in [-0.1, -0.05) is 18.2 Å². The number of aromatic nitrogens is 2. The fraction of sp³-hybridized carbons (Fsp3) is 0.474. The molecule has 1 saturated carbocycles. The summed E-state index contributed by atoms with van der Waals surface area (Å²) in [6, 6.07) is 11.1. The van der Waals surface area contributed by atoms with Crippen LogP contribution in [0.15, 0.2) is 36.7 Å². The molecule has 1 saturated heterocycles. The summed E-state index contributed by atoms with van der Waals surface area (Å²) >= 11 is 0. The summed E-state index contributed by atoms with van der Waals surface area (Å²) in [5, 5.41) is 0. The van der Waals surface area contributed by atoms with Crippen LogP contribution in [0.25, 0.3) is 0 Å². The molecule has 4 rings (SSSR count). The van der Waals surface area contributed by atoms with Crippen LogP contribution in [0, 0.1) is 6.92 Å². The number of hydrogen-bond acceptors (Lipinski definition) is 5. The number of rotatable bonds is 3. The van der Waals surface area contributed by atoms with E-state index in [1.165, 1.54) is 11.3 Å². The van der Waals surface area contributed by atoms with E-state index in [9.17, 15) is 0 Å². The van der Waals surface area contributed by atoms with E-state index >= 15 is 0 Å². The number of benzene rings is 1. The first-order chi connectivity index (χ1) is 11.7. The maximum atomic E-state index is 5.91. The second kappa shape index (κ2) is 8.89. The minimum Gasteiger partial charge on any atom is -0.368 e. The van der Waals surface area contributed by atoms with Crippen LogP contribution in [-0.2, 0) is 0 Å². The molecule has 1 aromatic heterocycles. The van der Waals surface area contributed by atoms with E-state index in [1.54, 1.807) is 6.33 Å². The fourth-order valence-corrected chi connectivity index (χ4v) is 3.76. The zero-order valence-corrected chi connectivity index (χ0v) is 16.7. The Balaban J connectivity index is 0.00000121. The van der Waals surface area contributed by atoms with Gasteiger partial charge >= 0.3 is 0 Å². The van der Waals surface area contributed by atoms with E-state index < -0.39 is 0 Å². The molecule has 2 N–H and O–H groups in total. The Morgan fingerprint density at radius 3 is 2.27 bits per heavy atom. The first kappa shape index (κ1) is 20.7. The van der Waals surface area contributed by atoms with Crippen molar-refractivity contribution >= 4 is 36.3 Å². The van der Waals surface area contributed by atoms with E-state index in [-0.39, 0.29) is 24.8 Å². The van der Waals surface area contributed by atoms with Crippen LogP contribution in [0.4, 0.5) is 11.5 Å². The predicted octanol–water partition coefficient (Wildman–Crippen LogP) is 3.16. The molecule has 142 valence electrons. The zero-order valence-electron chi connectivity index (χ0n) is 15.0. The molecule has 0 radical (unpaired) electrons. The van der Waals surface area contributed by atoms with Crippen molar-refractivity contribution in [1.82, 2.24) is 9.97 Å². The number of anilines is 2. The van der Waals surface area contributed by atoms with Gasteiger partial charge in [0.05, 0.1) is 0 Å². The van der Waals surface area contributed by atoms with Gasteiger partial charge in [-0.25, -0.2) is 9.97 Å². The highest BCUT2D eigenvalue weighted by molar-refractivity contribution is 5.85. The standard InChI is InChI=1S/C19H25N5.2ClH/c1-14-4-2-3-5-18(14)23-6-8-24(9-7-23)19-12-17(21-13-22-19)15-10-16(20)11-15;;/h2-5,12-13,15-16H,6-11,20H2,1H3;2*1H. The third-order valence-electron chi connectivity index (χ3n) is 5.33. The van der Waals surface area contributed by atoms with Crippen LogP contribution in [0.2, 0.25) is 0 Å². The zero-order chi connectivity index (χ0) is 16.5. The van der Waals surface area contributed by atoms with Gasteiger partial charge < -0.3 is 15.5 Å². The molecule has 0 unspecified atom stereocenters. The maximum Gasteiger partial charge on any atom is 0.132 e. The van der Waals surface area contributed by atoms with E-state index in [1.807, 2.05) is 0 Å². The first-order valence-corrected chi connectivity index (χ1v) is 8.84. The lowest BCUT2D eigenvalue weighted by Gasteiger charge is -2.38. The molecular formula is C19H27Cl2N5. The lowest BCUT2D eigenvalue weighted by molar-refractivity contribution is 0.345. The van der Waals surface area contributed by atoms with Crippen molar-refractivity contribution in [1.29, 1.82) is 0 Å². The smallest absolute Gasteiger partial charge is 0.132 e. The van der Waals surface area contributed by atoms with E-state index in [0.29, 0.717) is 12.0 Å². The van der Waals surface area contributed by atoms with Gasteiger partial charge in [0.15, 0.2) is 0 Å². The second-order valence-corrected chi connectivity index (χ2v) is 6.99. The van der Waals surface area contributed by atoms with Crippen molar-refractivity contribution < 1.29 is 0 Å². The Labute approximate surface area is 167 Å². The molecule has 1 aromatic carbocycles. The molecule has 0 spiro atoms. The third kappa shape index (κ3) is 4.22. The molecule has 5 nitrogen and oxygen atoms in total. The highest BCUT2D eigenvalue weighted by atomic mass is 35.5. The monoisotopic (exact) mass is 395 g/mol. The highest BCUT2D eigenvalue weighted by Gasteiger charge is 2.29. The molecule has 7 heteroatoms. The van der Waals surface area contributed by atoms with Crippen LogP contribution in [0.3, 0.4) is 0 Å². The minimum absolute atomic E-state index is 0. The highest BCUT2D eigenvalue weighted by Crippen LogP contribution is 2.35. The van der Waals surface area contributed by atoms with Gasteiger partial charge in [-0.15, -0.1) is 24.8 Å². The summed E-state index contributed by atoms with van der Waals surface area (Å²) in [4.78, 5) is 13.8.